The standard InChI is InChI=1S/C11H15N3/c1-4-11(2,3)9-7-13-10-12-5-6-14(10)8-9/h5-8H,4H2,1-3H3. The molecule has 0 aliphatic carbocycles. The molecule has 3 nitrogen and oxygen atoms in total. The highest BCUT2D eigenvalue weighted by Crippen LogP contribution is 2.25. The van der Waals surface area contributed by atoms with Gasteiger partial charge in [0.25, 0.3) is 0 Å². The van der Waals surface area contributed by atoms with Crippen LogP contribution in [-0.4, -0.2) is 14.4 Å². The van der Waals surface area contributed by atoms with Crippen molar-refractivity contribution in [1.82, 2.24) is 14.4 Å². The summed E-state index contributed by atoms with van der Waals surface area (Å²) < 4.78 is 1.97. The number of nitrogens with zero attached hydrogens (tertiary/aromatic N) is 3. The highest BCUT2D eigenvalue weighted by molar-refractivity contribution is 5.30. The molecule has 2 rings (SSSR count). The number of hydrogen-bond donors (Lipinski definition) is 0. The van der Waals surface area contributed by atoms with Crippen LogP contribution in [0.15, 0.2) is 24.8 Å². The zero-order chi connectivity index (χ0) is 10.2. The molecule has 2 aromatic heterocycles. The van der Waals surface area contributed by atoms with E-state index in [9.17, 15) is 0 Å². The number of hydrogen-bond acceptors (Lipinski definition) is 2. The molecule has 0 bridgehead atoms. The molecule has 0 N–H and O–H groups in total. The van der Waals surface area contributed by atoms with Crippen LogP contribution in [0.25, 0.3) is 5.78 Å². The molecule has 0 aromatic carbocycles. The molecular weight excluding hydrogens is 174 g/mol. The van der Waals surface area contributed by atoms with Crippen molar-refractivity contribution in [3.63, 3.8) is 0 Å². The summed E-state index contributed by atoms with van der Waals surface area (Å²) in [5, 5.41) is 0. The Morgan fingerprint density at radius 1 is 1.36 bits per heavy atom. The summed E-state index contributed by atoms with van der Waals surface area (Å²) in [4.78, 5) is 8.43. The van der Waals surface area contributed by atoms with Crippen LogP contribution in [0.3, 0.4) is 0 Å². The third kappa shape index (κ3) is 1.39. The zero-order valence-corrected chi connectivity index (χ0v) is 8.86. The molecule has 2 heterocycles. The van der Waals surface area contributed by atoms with Crippen molar-refractivity contribution in [3.05, 3.63) is 30.4 Å². The van der Waals surface area contributed by atoms with Crippen molar-refractivity contribution < 1.29 is 0 Å². The Labute approximate surface area is 83.8 Å². The first kappa shape index (κ1) is 9.19. The van der Waals surface area contributed by atoms with E-state index in [4.69, 9.17) is 0 Å². The van der Waals surface area contributed by atoms with Gasteiger partial charge in [-0.25, -0.2) is 9.97 Å². The lowest BCUT2D eigenvalue weighted by Crippen LogP contribution is -2.16. The molecule has 0 fully saturated rings. The van der Waals surface area contributed by atoms with E-state index in [-0.39, 0.29) is 5.41 Å². The topological polar surface area (TPSA) is 30.2 Å². The summed E-state index contributed by atoms with van der Waals surface area (Å²) in [6, 6.07) is 0. The van der Waals surface area contributed by atoms with Crippen LogP contribution < -0.4 is 0 Å². The monoisotopic (exact) mass is 189 g/mol. The lowest BCUT2D eigenvalue weighted by molar-refractivity contribution is 0.501. The normalized spacial score (nSPS) is 12.2. The summed E-state index contributed by atoms with van der Waals surface area (Å²) in [5.74, 6) is 0.764. The van der Waals surface area contributed by atoms with Crippen molar-refractivity contribution in [3.8, 4) is 0 Å². The van der Waals surface area contributed by atoms with Crippen LogP contribution in [-0.2, 0) is 5.41 Å². The van der Waals surface area contributed by atoms with Crippen molar-refractivity contribution in [2.45, 2.75) is 32.6 Å². The number of rotatable bonds is 2. The predicted molar refractivity (Wildman–Crippen MR) is 56.3 cm³/mol. The molecule has 0 saturated carbocycles. The summed E-state index contributed by atoms with van der Waals surface area (Å²) in [5.41, 5.74) is 1.44. The fourth-order valence-corrected chi connectivity index (χ4v) is 1.37. The fraction of sp³-hybridized carbons (Fsp3) is 0.455. The van der Waals surface area contributed by atoms with Gasteiger partial charge in [0.1, 0.15) is 0 Å². The molecule has 2 aromatic rings. The largest absolute Gasteiger partial charge is 0.291 e. The van der Waals surface area contributed by atoms with E-state index in [0.29, 0.717) is 0 Å². The van der Waals surface area contributed by atoms with Gasteiger partial charge in [0, 0.05) is 24.8 Å². The Morgan fingerprint density at radius 3 is 2.86 bits per heavy atom. The zero-order valence-electron chi connectivity index (χ0n) is 8.86. The summed E-state index contributed by atoms with van der Waals surface area (Å²) in [6.07, 6.45) is 8.84. The minimum atomic E-state index is 0.186. The fourth-order valence-electron chi connectivity index (χ4n) is 1.37. The lowest BCUT2D eigenvalue weighted by atomic mass is 9.84. The van der Waals surface area contributed by atoms with E-state index >= 15 is 0 Å². The predicted octanol–water partition coefficient (Wildman–Crippen LogP) is 2.42. The van der Waals surface area contributed by atoms with E-state index in [0.717, 1.165) is 12.2 Å². The molecule has 0 aliphatic heterocycles. The number of aromatic nitrogens is 3. The third-order valence-corrected chi connectivity index (χ3v) is 2.91. The van der Waals surface area contributed by atoms with Crippen molar-refractivity contribution in [2.24, 2.45) is 0 Å². The first-order valence-corrected chi connectivity index (χ1v) is 4.92. The van der Waals surface area contributed by atoms with Gasteiger partial charge in [-0.3, -0.25) is 4.40 Å². The van der Waals surface area contributed by atoms with E-state index in [2.05, 4.69) is 36.9 Å². The minimum absolute atomic E-state index is 0.186. The summed E-state index contributed by atoms with van der Waals surface area (Å²) in [6.45, 7) is 6.65. The van der Waals surface area contributed by atoms with Gasteiger partial charge in [0.05, 0.1) is 0 Å². The summed E-state index contributed by atoms with van der Waals surface area (Å²) >= 11 is 0. The van der Waals surface area contributed by atoms with Crippen molar-refractivity contribution in [1.29, 1.82) is 0 Å². The van der Waals surface area contributed by atoms with Crippen LogP contribution >= 0.6 is 0 Å². The summed E-state index contributed by atoms with van der Waals surface area (Å²) in [7, 11) is 0. The average molecular weight is 189 g/mol. The maximum absolute atomic E-state index is 4.31. The van der Waals surface area contributed by atoms with Gasteiger partial charge in [-0.2, -0.15) is 0 Å². The molecule has 74 valence electrons. The Balaban J connectivity index is 2.53. The average Bonchev–Trinajstić information content (AvgIpc) is 2.64. The maximum Gasteiger partial charge on any atom is 0.233 e. The highest BCUT2D eigenvalue weighted by Gasteiger charge is 2.18. The van der Waals surface area contributed by atoms with Crippen LogP contribution in [0.5, 0.6) is 0 Å². The molecule has 0 spiro atoms. The van der Waals surface area contributed by atoms with Gasteiger partial charge in [-0.1, -0.05) is 20.8 Å². The maximum atomic E-state index is 4.31. The van der Waals surface area contributed by atoms with Gasteiger partial charge in [0.2, 0.25) is 5.78 Å². The van der Waals surface area contributed by atoms with Gasteiger partial charge in [-0.15, -0.1) is 0 Å². The molecule has 14 heavy (non-hydrogen) atoms. The van der Waals surface area contributed by atoms with E-state index in [1.807, 2.05) is 16.8 Å². The minimum Gasteiger partial charge on any atom is -0.291 e. The molecule has 0 amide bonds. The second-order valence-electron chi connectivity index (χ2n) is 4.21. The first-order chi connectivity index (χ1) is 6.63. The Kier molecular flexibility index (Phi) is 2.02. The molecule has 0 saturated heterocycles. The van der Waals surface area contributed by atoms with Crippen LogP contribution in [0.2, 0.25) is 0 Å². The van der Waals surface area contributed by atoms with Gasteiger partial charge < -0.3 is 0 Å². The molecule has 0 aliphatic rings. The smallest absolute Gasteiger partial charge is 0.233 e. The van der Waals surface area contributed by atoms with Crippen molar-refractivity contribution in [2.75, 3.05) is 0 Å². The molecule has 0 radical (unpaired) electrons. The van der Waals surface area contributed by atoms with E-state index in [1.54, 1.807) is 6.20 Å². The second kappa shape index (κ2) is 3.08. The van der Waals surface area contributed by atoms with Crippen LogP contribution in [0, 0.1) is 0 Å². The Hall–Kier alpha value is -1.38. The van der Waals surface area contributed by atoms with Crippen LogP contribution in [0.1, 0.15) is 32.8 Å². The molecule has 0 unspecified atom stereocenters. The van der Waals surface area contributed by atoms with Crippen molar-refractivity contribution >= 4 is 5.78 Å². The Morgan fingerprint density at radius 2 is 2.14 bits per heavy atom. The molecule has 0 atom stereocenters. The quantitative estimate of drug-likeness (QED) is 0.726. The third-order valence-electron chi connectivity index (χ3n) is 2.91. The van der Waals surface area contributed by atoms with E-state index < -0.39 is 0 Å². The molecule has 3 heteroatoms. The van der Waals surface area contributed by atoms with Gasteiger partial charge >= 0.3 is 0 Å². The second-order valence-corrected chi connectivity index (χ2v) is 4.21. The highest BCUT2D eigenvalue weighted by atomic mass is 15.1. The number of imidazole rings is 1. The van der Waals surface area contributed by atoms with Gasteiger partial charge in [0.15, 0.2) is 0 Å². The SMILES string of the molecule is CCC(C)(C)c1cnc2nccn2c1. The van der Waals surface area contributed by atoms with Crippen LogP contribution in [0.4, 0.5) is 0 Å². The first-order valence-electron chi connectivity index (χ1n) is 4.92. The lowest BCUT2D eigenvalue weighted by Gasteiger charge is -2.22. The van der Waals surface area contributed by atoms with E-state index in [1.165, 1.54) is 5.56 Å². The van der Waals surface area contributed by atoms with Gasteiger partial charge in [-0.05, 0) is 17.4 Å². The number of fused-ring (bicyclic) bond motifs is 1. The molecular formula is C11H15N3. The Bertz CT molecular complexity index is 442.